The van der Waals surface area contributed by atoms with Crippen molar-refractivity contribution in [2.75, 3.05) is 5.32 Å². The Morgan fingerprint density at radius 1 is 1.20 bits per heavy atom. The van der Waals surface area contributed by atoms with Crippen molar-refractivity contribution in [3.8, 4) is 12.3 Å². The number of terminal acetylenes is 1. The zero-order valence-electron chi connectivity index (χ0n) is 10.9. The first-order valence-electron chi connectivity index (χ1n) is 6.17. The summed E-state index contributed by atoms with van der Waals surface area (Å²) in [6.07, 6.45) is 8.67. The van der Waals surface area contributed by atoms with Gasteiger partial charge in [0.15, 0.2) is 15.6 Å². The molecule has 0 saturated carbocycles. The highest BCUT2D eigenvalue weighted by molar-refractivity contribution is 7.21. The first-order valence-corrected chi connectivity index (χ1v) is 6.98. The minimum Gasteiger partial charge on any atom is -0.355 e. The molecule has 98 valence electrons. The summed E-state index contributed by atoms with van der Waals surface area (Å²) >= 11 is 1.50. The lowest BCUT2D eigenvalue weighted by molar-refractivity contribution is 0.882. The van der Waals surface area contributed by atoms with Gasteiger partial charge >= 0.3 is 0 Å². The lowest BCUT2D eigenvalue weighted by Gasteiger charge is -2.13. The van der Waals surface area contributed by atoms with Crippen molar-refractivity contribution in [1.29, 1.82) is 0 Å². The van der Waals surface area contributed by atoms with Crippen LogP contribution in [0.4, 0.5) is 5.13 Å². The lowest BCUT2D eigenvalue weighted by Crippen LogP contribution is -2.06. The van der Waals surface area contributed by atoms with Gasteiger partial charge in [0.05, 0.1) is 6.04 Å². The minimum atomic E-state index is 0.141. The smallest absolute Gasteiger partial charge is 0.191 e. The number of hydrogen-bond donors (Lipinski definition) is 1. The summed E-state index contributed by atoms with van der Waals surface area (Å²) in [6, 6.07) is 8.07. The summed E-state index contributed by atoms with van der Waals surface area (Å²) in [5.74, 6) is 2.61. The van der Waals surface area contributed by atoms with Crippen LogP contribution in [0.25, 0.3) is 10.5 Å². The van der Waals surface area contributed by atoms with Crippen LogP contribution in [-0.2, 0) is 0 Å². The van der Waals surface area contributed by atoms with E-state index in [1.165, 1.54) is 11.3 Å². The number of aromatic nitrogens is 3. The van der Waals surface area contributed by atoms with Gasteiger partial charge in [-0.05, 0) is 24.6 Å². The van der Waals surface area contributed by atoms with E-state index >= 15 is 0 Å². The van der Waals surface area contributed by atoms with Crippen LogP contribution in [0.1, 0.15) is 24.1 Å². The molecule has 20 heavy (non-hydrogen) atoms. The molecular formula is C15H12N4S. The Labute approximate surface area is 120 Å². The zero-order chi connectivity index (χ0) is 13.9. The number of hydrogen-bond acceptors (Lipinski definition) is 5. The van der Waals surface area contributed by atoms with E-state index in [-0.39, 0.29) is 6.04 Å². The van der Waals surface area contributed by atoms with Crippen molar-refractivity contribution >= 4 is 26.9 Å². The number of benzene rings is 1. The van der Waals surface area contributed by atoms with Crippen LogP contribution in [0.5, 0.6) is 0 Å². The fourth-order valence-corrected chi connectivity index (χ4v) is 2.73. The summed E-state index contributed by atoms with van der Waals surface area (Å²) in [5, 5.41) is 4.18. The van der Waals surface area contributed by atoms with Crippen LogP contribution in [0.3, 0.4) is 0 Å². The SMILES string of the molecule is C#Cc1ccc([C@@H](C)Nc2nc3nccnc3s2)cc1. The number of nitrogens with one attached hydrogen (secondary N) is 1. The van der Waals surface area contributed by atoms with Gasteiger partial charge in [-0.1, -0.05) is 29.4 Å². The Bertz CT molecular complexity index is 737. The third kappa shape index (κ3) is 2.46. The topological polar surface area (TPSA) is 50.7 Å². The number of rotatable bonds is 3. The normalized spacial score (nSPS) is 12.0. The maximum atomic E-state index is 5.35. The van der Waals surface area contributed by atoms with Crippen LogP contribution in [0.15, 0.2) is 36.7 Å². The number of fused-ring (bicyclic) bond motifs is 1. The predicted octanol–water partition coefficient (Wildman–Crippen LogP) is 3.24. The van der Waals surface area contributed by atoms with Gasteiger partial charge < -0.3 is 5.32 Å². The minimum absolute atomic E-state index is 0.141. The summed E-state index contributed by atoms with van der Waals surface area (Å²) in [5.41, 5.74) is 2.72. The molecule has 0 saturated heterocycles. The molecule has 1 aromatic carbocycles. The number of nitrogens with zero attached hydrogens (tertiary/aromatic N) is 3. The maximum Gasteiger partial charge on any atom is 0.191 e. The summed E-state index contributed by atoms with van der Waals surface area (Å²) in [7, 11) is 0. The number of thiazole rings is 1. The maximum absolute atomic E-state index is 5.35. The van der Waals surface area contributed by atoms with Crippen LogP contribution >= 0.6 is 11.3 Å². The molecule has 3 rings (SSSR count). The fourth-order valence-electron chi connectivity index (χ4n) is 1.88. The second-order valence-electron chi connectivity index (χ2n) is 4.34. The summed E-state index contributed by atoms with van der Waals surface area (Å²) in [4.78, 5) is 13.7. The molecule has 0 fully saturated rings. The number of anilines is 1. The molecule has 0 radical (unpaired) electrons. The van der Waals surface area contributed by atoms with Gasteiger partial charge in [0.25, 0.3) is 0 Å². The van der Waals surface area contributed by atoms with Gasteiger partial charge in [-0.25, -0.2) is 9.97 Å². The molecule has 3 aromatic rings. The van der Waals surface area contributed by atoms with E-state index in [9.17, 15) is 0 Å². The molecule has 0 aliphatic rings. The molecule has 0 unspecified atom stereocenters. The van der Waals surface area contributed by atoms with Crippen LogP contribution in [0.2, 0.25) is 0 Å². The van der Waals surface area contributed by atoms with Gasteiger partial charge in [0, 0.05) is 18.0 Å². The molecule has 4 nitrogen and oxygen atoms in total. The molecule has 0 bridgehead atoms. The van der Waals surface area contributed by atoms with Gasteiger partial charge in [0.2, 0.25) is 0 Å². The summed E-state index contributed by atoms with van der Waals surface area (Å²) in [6.45, 7) is 2.08. The monoisotopic (exact) mass is 280 g/mol. The Hall–Kier alpha value is -2.45. The highest BCUT2D eigenvalue weighted by Crippen LogP contribution is 2.26. The second-order valence-corrected chi connectivity index (χ2v) is 5.31. The van der Waals surface area contributed by atoms with E-state index in [1.54, 1.807) is 12.4 Å². The van der Waals surface area contributed by atoms with Crippen molar-refractivity contribution in [2.24, 2.45) is 0 Å². The van der Waals surface area contributed by atoms with Gasteiger partial charge in [0.1, 0.15) is 0 Å². The highest BCUT2D eigenvalue weighted by atomic mass is 32.1. The van der Waals surface area contributed by atoms with E-state index in [0.717, 1.165) is 21.1 Å². The fraction of sp³-hybridized carbons (Fsp3) is 0.133. The molecule has 0 aliphatic heterocycles. The quantitative estimate of drug-likeness (QED) is 0.748. The first-order chi connectivity index (χ1) is 9.76. The second kappa shape index (κ2) is 5.27. The Kier molecular flexibility index (Phi) is 3.32. The van der Waals surface area contributed by atoms with Gasteiger partial charge in [-0.3, -0.25) is 0 Å². The van der Waals surface area contributed by atoms with Crippen molar-refractivity contribution in [3.63, 3.8) is 0 Å². The molecule has 1 atom stereocenters. The first kappa shape index (κ1) is 12.6. The molecule has 0 spiro atoms. The molecule has 0 amide bonds. The van der Waals surface area contributed by atoms with Crippen molar-refractivity contribution in [3.05, 3.63) is 47.8 Å². The largest absolute Gasteiger partial charge is 0.355 e. The summed E-state index contributed by atoms with van der Waals surface area (Å²) < 4.78 is 0. The van der Waals surface area contributed by atoms with Crippen molar-refractivity contribution in [1.82, 2.24) is 15.0 Å². The molecule has 1 N–H and O–H groups in total. The zero-order valence-corrected chi connectivity index (χ0v) is 11.7. The van der Waals surface area contributed by atoms with E-state index in [4.69, 9.17) is 6.42 Å². The molecule has 2 heterocycles. The molecular weight excluding hydrogens is 268 g/mol. The Morgan fingerprint density at radius 2 is 1.95 bits per heavy atom. The van der Waals surface area contributed by atoms with Crippen molar-refractivity contribution < 1.29 is 0 Å². The molecule has 5 heteroatoms. The van der Waals surface area contributed by atoms with E-state index in [2.05, 4.69) is 33.1 Å². The average Bonchev–Trinajstić information content (AvgIpc) is 2.89. The van der Waals surface area contributed by atoms with Crippen molar-refractivity contribution in [2.45, 2.75) is 13.0 Å². The Morgan fingerprint density at radius 3 is 2.65 bits per heavy atom. The van der Waals surface area contributed by atoms with Gasteiger partial charge in [-0.2, -0.15) is 4.98 Å². The lowest BCUT2D eigenvalue weighted by atomic mass is 10.1. The van der Waals surface area contributed by atoms with Crippen LogP contribution < -0.4 is 5.32 Å². The third-order valence-corrected chi connectivity index (χ3v) is 3.85. The van der Waals surface area contributed by atoms with E-state index in [1.807, 2.05) is 24.3 Å². The Balaban J connectivity index is 1.80. The predicted molar refractivity (Wildman–Crippen MR) is 81.6 cm³/mol. The standard InChI is InChI=1S/C15H12N4S/c1-3-11-4-6-12(7-5-11)10(2)18-15-19-13-14(20-15)17-9-8-16-13/h1,4-10H,2H3,(H,16,18,19)/t10-/m1/s1. The van der Waals surface area contributed by atoms with E-state index < -0.39 is 0 Å². The molecule has 2 aromatic heterocycles. The van der Waals surface area contributed by atoms with Crippen LogP contribution in [-0.4, -0.2) is 15.0 Å². The highest BCUT2D eigenvalue weighted by Gasteiger charge is 2.10. The van der Waals surface area contributed by atoms with Gasteiger partial charge in [-0.15, -0.1) is 6.42 Å². The third-order valence-electron chi connectivity index (χ3n) is 2.96. The van der Waals surface area contributed by atoms with Crippen LogP contribution in [0, 0.1) is 12.3 Å². The average molecular weight is 280 g/mol. The molecule has 0 aliphatic carbocycles. The van der Waals surface area contributed by atoms with E-state index in [0.29, 0.717) is 5.65 Å².